The number of aromatic hydroxyl groups is 1. The van der Waals surface area contributed by atoms with Crippen LogP contribution in [0.2, 0.25) is 0 Å². The first-order valence-corrected chi connectivity index (χ1v) is 8.57. The minimum Gasteiger partial charge on any atom is -0.508 e. The monoisotopic (exact) mass is 369 g/mol. The van der Waals surface area contributed by atoms with Crippen molar-refractivity contribution in [1.29, 1.82) is 0 Å². The van der Waals surface area contributed by atoms with E-state index in [1.165, 1.54) is 6.07 Å². The topological polar surface area (TPSA) is 66.4 Å². The van der Waals surface area contributed by atoms with E-state index in [9.17, 15) is 13.5 Å². The van der Waals surface area contributed by atoms with Gasteiger partial charge in [-0.05, 0) is 77.7 Å². The van der Waals surface area contributed by atoms with Crippen LogP contribution in [-0.2, 0) is 10.0 Å². The average Bonchev–Trinajstić information content (AvgIpc) is 2.35. The Bertz CT molecular complexity index is 801. The Morgan fingerprint density at radius 2 is 1.71 bits per heavy atom. The summed E-state index contributed by atoms with van der Waals surface area (Å²) in [6.07, 6.45) is 0. The van der Waals surface area contributed by atoms with E-state index in [1.807, 2.05) is 6.92 Å². The van der Waals surface area contributed by atoms with Crippen LogP contribution >= 0.6 is 15.9 Å². The number of sulfonamides is 1. The van der Waals surface area contributed by atoms with Gasteiger partial charge in [-0.15, -0.1) is 0 Å². The third kappa shape index (κ3) is 3.39. The van der Waals surface area contributed by atoms with Crippen molar-refractivity contribution in [3.8, 4) is 5.75 Å². The second kappa shape index (κ2) is 5.69. The molecule has 0 atom stereocenters. The van der Waals surface area contributed by atoms with Gasteiger partial charge in [-0.3, -0.25) is 4.72 Å². The van der Waals surface area contributed by atoms with Crippen LogP contribution in [0.4, 0.5) is 5.69 Å². The van der Waals surface area contributed by atoms with Gasteiger partial charge in [0.25, 0.3) is 10.0 Å². The molecular weight excluding hydrogens is 354 g/mol. The van der Waals surface area contributed by atoms with Crippen LogP contribution < -0.4 is 4.72 Å². The lowest BCUT2D eigenvalue weighted by Crippen LogP contribution is -2.14. The Kier molecular flexibility index (Phi) is 4.30. The molecule has 0 saturated carbocycles. The van der Waals surface area contributed by atoms with Gasteiger partial charge in [-0.2, -0.15) is 0 Å². The van der Waals surface area contributed by atoms with Crippen LogP contribution in [0.1, 0.15) is 16.7 Å². The zero-order valence-corrected chi connectivity index (χ0v) is 14.3. The van der Waals surface area contributed by atoms with Crippen molar-refractivity contribution < 1.29 is 13.5 Å². The molecule has 0 spiro atoms. The van der Waals surface area contributed by atoms with E-state index < -0.39 is 10.0 Å². The quantitative estimate of drug-likeness (QED) is 0.806. The van der Waals surface area contributed by atoms with Crippen LogP contribution in [0, 0.1) is 20.8 Å². The SMILES string of the molecule is Cc1ccc(S(=O)(=O)Nc2cc(C)c(O)cc2C)c(Br)c1. The number of hydrogen-bond donors (Lipinski definition) is 2. The summed E-state index contributed by atoms with van der Waals surface area (Å²) in [4.78, 5) is 0.179. The van der Waals surface area contributed by atoms with E-state index >= 15 is 0 Å². The van der Waals surface area contributed by atoms with Crippen molar-refractivity contribution in [2.24, 2.45) is 0 Å². The molecule has 0 heterocycles. The van der Waals surface area contributed by atoms with E-state index in [0.29, 0.717) is 21.3 Å². The molecule has 0 aliphatic rings. The van der Waals surface area contributed by atoms with Crippen molar-refractivity contribution in [2.45, 2.75) is 25.7 Å². The van der Waals surface area contributed by atoms with Gasteiger partial charge in [0.15, 0.2) is 0 Å². The minimum atomic E-state index is -3.69. The fourth-order valence-corrected chi connectivity index (χ4v) is 4.25. The zero-order valence-electron chi connectivity index (χ0n) is 11.9. The number of phenols is 1. The van der Waals surface area contributed by atoms with Crippen molar-refractivity contribution in [2.75, 3.05) is 4.72 Å². The smallest absolute Gasteiger partial charge is 0.263 e. The number of halogens is 1. The highest BCUT2D eigenvalue weighted by molar-refractivity contribution is 9.10. The molecule has 6 heteroatoms. The number of phenolic OH excluding ortho intramolecular Hbond substituents is 1. The molecule has 0 aliphatic carbocycles. The van der Waals surface area contributed by atoms with Crippen molar-refractivity contribution >= 4 is 31.6 Å². The van der Waals surface area contributed by atoms with Crippen molar-refractivity contribution in [3.63, 3.8) is 0 Å². The molecule has 0 amide bonds. The van der Waals surface area contributed by atoms with Crippen LogP contribution in [0.15, 0.2) is 39.7 Å². The summed E-state index contributed by atoms with van der Waals surface area (Å²) in [5.74, 6) is 0.145. The van der Waals surface area contributed by atoms with Crippen LogP contribution in [0.25, 0.3) is 0 Å². The molecule has 0 aliphatic heterocycles. The van der Waals surface area contributed by atoms with Gasteiger partial charge in [0.05, 0.1) is 5.69 Å². The molecule has 0 radical (unpaired) electrons. The van der Waals surface area contributed by atoms with Gasteiger partial charge in [0.1, 0.15) is 10.6 Å². The molecule has 4 nitrogen and oxygen atoms in total. The lowest BCUT2D eigenvalue weighted by Gasteiger charge is -2.13. The second-order valence-electron chi connectivity index (χ2n) is 4.99. The molecule has 0 bridgehead atoms. The van der Waals surface area contributed by atoms with Crippen molar-refractivity contribution in [1.82, 2.24) is 0 Å². The minimum absolute atomic E-state index is 0.145. The lowest BCUT2D eigenvalue weighted by atomic mass is 10.1. The maximum atomic E-state index is 12.5. The second-order valence-corrected chi connectivity index (χ2v) is 7.50. The molecule has 0 saturated heterocycles. The Labute approximate surface area is 133 Å². The fraction of sp³-hybridized carbons (Fsp3) is 0.200. The maximum absolute atomic E-state index is 12.5. The molecule has 2 N–H and O–H groups in total. The van der Waals surface area contributed by atoms with E-state index in [0.717, 1.165) is 5.56 Å². The highest BCUT2D eigenvalue weighted by Gasteiger charge is 2.19. The first-order chi connectivity index (χ1) is 9.70. The van der Waals surface area contributed by atoms with Crippen molar-refractivity contribution in [3.05, 3.63) is 51.5 Å². The van der Waals surface area contributed by atoms with Crippen LogP contribution in [-0.4, -0.2) is 13.5 Å². The number of benzene rings is 2. The fourth-order valence-electron chi connectivity index (χ4n) is 1.93. The summed E-state index contributed by atoms with van der Waals surface area (Å²) in [6, 6.07) is 8.21. The number of nitrogens with one attached hydrogen (secondary N) is 1. The number of rotatable bonds is 3. The highest BCUT2D eigenvalue weighted by Crippen LogP contribution is 2.29. The number of anilines is 1. The highest BCUT2D eigenvalue weighted by atomic mass is 79.9. The maximum Gasteiger partial charge on any atom is 0.263 e. The molecular formula is C15H16BrNO3S. The largest absolute Gasteiger partial charge is 0.508 e. The molecule has 0 fully saturated rings. The van der Waals surface area contributed by atoms with E-state index in [1.54, 1.807) is 38.1 Å². The first kappa shape index (κ1) is 15.9. The lowest BCUT2D eigenvalue weighted by molar-refractivity contribution is 0.471. The Hall–Kier alpha value is -1.53. The Morgan fingerprint density at radius 1 is 1.05 bits per heavy atom. The van der Waals surface area contributed by atoms with Gasteiger partial charge >= 0.3 is 0 Å². The average molecular weight is 370 g/mol. The summed E-state index contributed by atoms with van der Waals surface area (Å²) in [5, 5.41) is 9.63. The van der Waals surface area contributed by atoms with Gasteiger partial charge in [0, 0.05) is 4.47 Å². The summed E-state index contributed by atoms with van der Waals surface area (Å²) < 4.78 is 28.0. The standard InChI is InChI=1S/C15H16BrNO3S/c1-9-4-5-15(12(16)6-9)21(19,20)17-13-7-11(3)14(18)8-10(13)2/h4-8,17-18H,1-3H3. The Morgan fingerprint density at radius 3 is 2.33 bits per heavy atom. The third-order valence-electron chi connectivity index (χ3n) is 3.16. The molecule has 21 heavy (non-hydrogen) atoms. The predicted molar refractivity (Wildman–Crippen MR) is 87.3 cm³/mol. The predicted octanol–water partition coefficient (Wildman–Crippen LogP) is 3.88. The molecule has 2 aromatic carbocycles. The van der Waals surface area contributed by atoms with E-state index in [4.69, 9.17) is 0 Å². The summed E-state index contributed by atoms with van der Waals surface area (Å²) in [5.41, 5.74) is 2.70. The van der Waals surface area contributed by atoms with Crippen LogP contribution in [0.5, 0.6) is 5.75 Å². The third-order valence-corrected chi connectivity index (χ3v) is 5.51. The summed E-state index contributed by atoms with van der Waals surface area (Å²) >= 11 is 3.28. The first-order valence-electron chi connectivity index (χ1n) is 6.30. The van der Waals surface area contributed by atoms with Gasteiger partial charge in [0.2, 0.25) is 0 Å². The zero-order chi connectivity index (χ0) is 15.8. The molecule has 2 rings (SSSR count). The number of aryl methyl sites for hydroxylation is 3. The molecule has 0 aromatic heterocycles. The van der Waals surface area contributed by atoms with Gasteiger partial charge < -0.3 is 5.11 Å². The number of hydrogen-bond acceptors (Lipinski definition) is 3. The Balaban J connectivity index is 2.45. The normalized spacial score (nSPS) is 11.4. The summed E-state index contributed by atoms with van der Waals surface area (Å²) in [6.45, 7) is 5.34. The summed E-state index contributed by atoms with van der Waals surface area (Å²) in [7, 11) is -3.69. The van der Waals surface area contributed by atoms with E-state index in [2.05, 4.69) is 20.7 Å². The molecule has 112 valence electrons. The molecule has 2 aromatic rings. The van der Waals surface area contributed by atoms with Crippen LogP contribution in [0.3, 0.4) is 0 Å². The molecule has 0 unspecified atom stereocenters. The van der Waals surface area contributed by atoms with E-state index in [-0.39, 0.29) is 10.6 Å². The van der Waals surface area contributed by atoms with Gasteiger partial charge in [-0.1, -0.05) is 6.07 Å². The van der Waals surface area contributed by atoms with Gasteiger partial charge in [-0.25, -0.2) is 8.42 Å².